The lowest BCUT2D eigenvalue weighted by molar-refractivity contribution is 0.0951. The van der Waals surface area contributed by atoms with Crippen molar-refractivity contribution >= 4 is 29.0 Å². The number of hydrogen-bond donors (Lipinski definition) is 1. The van der Waals surface area contributed by atoms with Gasteiger partial charge in [-0.05, 0) is 23.6 Å². The van der Waals surface area contributed by atoms with Crippen LogP contribution >= 0.6 is 23.1 Å². The summed E-state index contributed by atoms with van der Waals surface area (Å²) in [6.07, 6.45) is 1.63. The fourth-order valence-corrected chi connectivity index (χ4v) is 3.09. The third-order valence-corrected chi connectivity index (χ3v) is 4.32. The number of rotatable bonds is 6. The van der Waals surface area contributed by atoms with Gasteiger partial charge in [-0.3, -0.25) is 9.78 Å². The predicted molar refractivity (Wildman–Crippen MR) is 77.1 cm³/mol. The molecule has 0 unspecified atom stereocenters. The van der Waals surface area contributed by atoms with E-state index in [1.54, 1.807) is 29.7 Å². The normalized spacial score (nSPS) is 10.2. The lowest BCUT2D eigenvalue weighted by Gasteiger charge is -2.03. The molecule has 0 radical (unpaired) electrons. The quantitative estimate of drug-likeness (QED) is 0.826. The van der Waals surface area contributed by atoms with Crippen LogP contribution in [0.25, 0.3) is 0 Å². The number of thioether (sulfide) groups is 1. The van der Waals surface area contributed by atoms with E-state index in [2.05, 4.69) is 27.8 Å². The molecule has 18 heavy (non-hydrogen) atoms. The second kappa shape index (κ2) is 7.18. The summed E-state index contributed by atoms with van der Waals surface area (Å²) in [4.78, 5) is 17.0. The highest BCUT2D eigenvalue weighted by Gasteiger charge is 2.04. The van der Waals surface area contributed by atoms with Gasteiger partial charge in [0.15, 0.2) is 0 Å². The molecule has 0 fully saturated rings. The number of nitrogens with one attached hydrogen (secondary N) is 1. The van der Waals surface area contributed by atoms with Gasteiger partial charge in [0.05, 0.1) is 0 Å². The number of nitrogens with zero attached hydrogens (tertiary/aromatic N) is 1. The molecule has 2 rings (SSSR count). The Morgan fingerprint density at radius 2 is 2.28 bits per heavy atom. The van der Waals surface area contributed by atoms with Gasteiger partial charge in [0, 0.05) is 29.1 Å². The van der Waals surface area contributed by atoms with Gasteiger partial charge in [-0.1, -0.05) is 12.1 Å². The third kappa shape index (κ3) is 4.16. The first-order valence-corrected chi connectivity index (χ1v) is 7.69. The van der Waals surface area contributed by atoms with E-state index in [9.17, 15) is 4.79 Å². The maximum Gasteiger partial charge on any atom is 0.269 e. The molecule has 2 aromatic heterocycles. The maximum atomic E-state index is 11.7. The second-order valence-electron chi connectivity index (χ2n) is 3.60. The molecule has 1 amide bonds. The Balaban J connectivity index is 1.62. The standard InChI is InChI=1S/C13H14N2OS2/c16-13(12-5-1-2-6-14-12)15-7-9-17-10-11-4-3-8-18-11/h1-6,8H,7,9-10H2,(H,15,16). The van der Waals surface area contributed by atoms with Crippen molar-refractivity contribution in [3.05, 3.63) is 52.5 Å². The number of aromatic nitrogens is 1. The van der Waals surface area contributed by atoms with E-state index in [1.165, 1.54) is 4.88 Å². The van der Waals surface area contributed by atoms with Crippen molar-refractivity contribution < 1.29 is 4.79 Å². The lowest BCUT2D eigenvalue weighted by Crippen LogP contribution is -2.26. The van der Waals surface area contributed by atoms with Crippen LogP contribution in [0.4, 0.5) is 0 Å². The first kappa shape index (κ1) is 13.1. The Morgan fingerprint density at radius 3 is 3.00 bits per heavy atom. The molecular formula is C13H14N2OS2. The van der Waals surface area contributed by atoms with Crippen molar-refractivity contribution in [1.82, 2.24) is 10.3 Å². The summed E-state index contributed by atoms with van der Waals surface area (Å²) in [7, 11) is 0. The molecule has 0 saturated heterocycles. The first-order valence-electron chi connectivity index (χ1n) is 5.65. The highest BCUT2D eigenvalue weighted by atomic mass is 32.2. The second-order valence-corrected chi connectivity index (χ2v) is 5.74. The van der Waals surface area contributed by atoms with E-state index in [-0.39, 0.29) is 5.91 Å². The zero-order valence-electron chi connectivity index (χ0n) is 9.83. The van der Waals surface area contributed by atoms with Crippen molar-refractivity contribution in [3.8, 4) is 0 Å². The Morgan fingerprint density at radius 1 is 1.33 bits per heavy atom. The molecule has 3 nitrogen and oxygen atoms in total. The van der Waals surface area contributed by atoms with Gasteiger partial charge in [0.1, 0.15) is 5.69 Å². The highest BCUT2D eigenvalue weighted by Crippen LogP contribution is 2.16. The summed E-state index contributed by atoms with van der Waals surface area (Å²) in [5.41, 5.74) is 0.473. The molecule has 0 atom stereocenters. The predicted octanol–water partition coefficient (Wildman–Crippen LogP) is 2.81. The number of thiophene rings is 1. The van der Waals surface area contributed by atoms with Crippen LogP contribution in [0.2, 0.25) is 0 Å². The van der Waals surface area contributed by atoms with Crippen molar-refractivity contribution in [1.29, 1.82) is 0 Å². The number of pyridine rings is 1. The van der Waals surface area contributed by atoms with Crippen LogP contribution in [0.5, 0.6) is 0 Å². The number of carbonyl (C=O) groups excluding carboxylic acids is 1. The lowest BCUT2D eigenvalue weighted by atomic mass is 10.3. The molecule has 2 heterocycles. The average Bonchev–Trinajstić information content (AvgIpc) is 2.92. The molecule has 0 bridgehead atoms. The minimum atomic E-state index is -0.104. The smallest absolute Gasteiger partial charge is 0.269 e. The van der Waals surface area contributed by atoms with Crippen LogP contribution in [0.3, 0.4) is 0 Å². The average molecular weight is 278 g/mol. The topological polar surface area (TPSA) is 42.0 Å². The Bertz CT molecular complexity index is 471. The van der Waals surface area contributed by atoms with Crippen LogP contribution in [0, 0.1) is 0 Å². The summed E-state index contributed by atoms with van der Waals surface area (Å²) in [5.74, 6) is 1.82. The van der Waals surface area contributed by atoms with Crippen LogP contribution in [-0.4, -0.2) is 23.2 Å². The van der Waals surface area contributed by atoms with Crippen molar-refractivity contribution in [2.24, 2.45) is 0 Å². The van der Waals surface area contributed by atoms with Gasteiger partial charge in [0.2, 0.25) is 0 Å². The molecule has 1 N–H and O–H groups in total. The summed E-state index contributed by atoms with van der Waals surface area (Å²) in [5, 5.41) is 4.94. The molecule has 0 aromatic carbocycles. The van der Waals surface area contributed by atoms with Crippen LogP contribution in [-0.2, 0) is 5.75 Å². The van der Waals surface area contributed by atoms with E-state index in [1.807, 2.05) is 17.8 Å². The molecular weight excluding hydrogens is 264 g/mol. The van der Waals surface area contributed by atoms with Crippen LogP contribution in [0.1, 0.15) is 15.4 Å². The minimum absolute atomic E-state index is 0.104. The van der Waals surface area contributed by atoms with Crippen molar-refractivity contribution in [3.63, 3.8) is 0 Å². The summed E-state index contributed by atoms with van der Waals surface area (Å²) < 4.78 is 0. The Hall–Kier alpha value is -1.33. The molecule has 2 aromatic rings. The number of hydrogen-bond acceptors (Lipinski definition) is 4. The first-order chi connectivity index (χ1) is 8.86. The molecule has 0 aliphatic heterocycles. The van der Waals surface area contributed by atoms with Crippen LogP contribution < -0.4 is 5.32 Å². The Kier molecular flexibility index (Phi) is 5.23. The number of amides is 1. The summed E-state index contributed by atoms with van der Waals surface area (Å²) in [6, 6.07) is 9.52. The highest BCUT2D eigenvalue weighted by molar-refractivity contribution is 7.98. The monoisotopic (exact) mass is 278 g/mol. The van der Waals surface area contributed by atoms with Crippen molar-refractivity contribution in [2.45, 2.75) is 5.75 Å². The van der Waals surface area contributed by atoms with E-state index in [4.69, 9.17) is 0 Å². The van der Waals surface area contributed by atoms with Gasteiger partial charge >= 0.3 is 0 Å². The van der Waals surface area contributed by atoms with E-state index < -0.39 is 0 Å². The van der Waals surface area contributed by atoms with Gasteiger partial charge in [-0.2, -0.15) is 11.8 Å². The van der Waals surface area contributed by atoms with E-state index in [0.29, 0.717) is 12.2 Å². The molecule has 94 valence electrons. The Labute approximate surface area is 115 Å². The maximum absolute atomic E-state index is 11.7. The molecule has 0 aliphatic rings. The van der Waals surface area contributed by atoms with Gasteiger partial charge in [0.25, 0.3) is 5.91 Å². The van der Waals surface area contributed by atoms with Gasteiger partial charge in [-0.15, -0.1) is 11.3 Å². The fraction of sp³-hybridized carbons (Fsp3) is 0.231. The largest absolute Gasteiger partial charge is 0.350 e. The zero-order valence-corrected chi connectivity index (χ0v) is 11.5. The van der Waals surface area contributed by atoms with E-state index in [0.717, 1.165) is 11.5 Å². The van der Waals surface area contributed by atoms with Crippen molar-refractivity contribution in [2.75, 3.05) is 12.3 Å². The van der Waals surface area contributed by atoms with Gasteiger partial charge in [-0.25, -0.2) is 0 Å². The molecule has 0 aliphatic carbocycles. The molecule has 0 spiro atoms. The van der Waals surface area contributed by atoms with Gasteiger partial charge < -0.3 is 5.32 Å². The fourth-order valence-electron chi connectivity index (χ4n) is 1.39. The summed E-state index contributed by atoms with van der Waals surface area (Å²) in [6.45, 7) is 0.672. The number of carbonyl (C=O) groups is 1. The summed E-state index contributed by atoms with van der Waals surface area (Å²) >= 11 is 3.59. The molecule has 0 saturated carbocycles. The minimum Gasteiger partial charge on any atom is -0.350 e. The third-order valence-electron chi connectivity index (χ3n) is 2.25. The van der Waals surface area contributed by atoms with Crippen LogP contribution in [0.15, 0.2) is 41.9 Å². The zero-order chi connectivity index (χ0) is 12.6. The SMILES string of the molecule is O=C(NCCSCc1cccs1)c1ccccn1. The van der Waals surface area contributed by atoms with E-state index >= 15 is 0 Å². The molecule has 5 heteroatoms.